The van der Waals surface area contributed by atoms with Crippen molar-refractivity contribution in [1.29, 1.82) is 0 Å². The maximum atomic E-state index is 12.1. The average Bonchev–Trinajstić information content (AvgIpc) is 2.62. The van der Waals surface area contributed by atoms with Crippen LogP contribution < -0.4 is 11.1 Å². The van der Waals surface area contributed by atoms with Crippen molar-refractivity contribution in [2.45, 2.75) is 25.7 Å². The third-order valence-electron chi connectivity index (χ3n) is 2.57. The molecule has 0 bridgehead atoms. The number of carbonyl (C=O) groups is 1. The van der Waals surface area contributed by atoms with E-state index in [9.17, 15) is 13.2 Å². The number of nitrogens with two attached hydrogens (primary N) is 1. The number of anilines is 2. The molecule has 1 aromatic heterocycles. The average molecular weight is 316 g/mol. The SMILES string of the molecule is C=C(C)CNc1sc(C(=O)C(C)C)c(N)c1S(C)(=O)=O. The second-order valence-electron chi connectivity index (χ2n) is 5.10. The van der Waals surface area contributed by atoms with Crippen molar-refractivity contribution in [2.75, 3.05) is 23.9 Å². The number of sulfone groups is 1. The minimum atomic E-state index is -3.51. The van der Waals surface area contributed by atoms with Gasteiger partial charge in [0.1, 0.15) is 9.90 Å². The van der Waals surface area contributed by atoms with E-state index >= 15 is 0 Å². The van der Waals surface area contributed by atoms with Crippen LogP contribution >= 0.6 is 11.3 Å². The molecule has 20 heavy (non-hydrogen) atoms. The molecule has 0 fully saturated rings. The molecular formula is C13H20N2O3S2. The number of hydrogen-bond donors (Lipinski definition) is 2. The van der Waals surface area contributed by atoms with Crippen LogP contribution in [-0.2, 0) is 9.84 Å². The number of ketones is 1. The van der Waals surface area contributed by atoms with Gasteiger partial charge in [0.15, 0.2) is 15.6 Å². The second kappa shape index (κ2) is 5.97. The van der Waals surface area contributed by atoms with Gasteiger partial charge in [0.05, 0.1) is 10.6 Å². The predicted octanol–water partition coefficient (Wildman–Crippen LogP) is 2.56. The van der Waals surface area contributed by atoms with E-state index in [-0.39, 0.29) is 22.3 Å². The molecule has 0 aromatic carbocycles. The van der Waals surface area contributed by atoms with Crippen LogP contribution in [0.4, 0.5) is 10.7 Å². The maximum absolute atomic E-state index is 12.1. The molecule has 3 N–H and O–H groups in total. The van der Waals surface area contributed by atoms with Crippen LogP contribution in [0.25, 0.3) is 0 Å². The second-order valence-corrected chi connectivity index (χ2v) is 8.08. The van der Waals surface area contributed by atoms with E-state index in [1.165, 1.54) is 0 Å². The van der Waals surface area contributed by atoms with Gasteiger partial charge < -0.3 is 11.1 Å². The summed E-state index contributed by atoms with van der Waals surface area (Å²) in [6.45, 7) is 9.51. The molecule has 0 saturated carbocycles. The quantitative estimate of drug-likeness (QED) is 0.622. The molecule has 1 rings (SSSR count). The molecule has 1 heterocycles. The van der Waals surface area contributed by atoms with E-state index in [2.05, 4.69) is 11.9 Å². The van der Waals surface area contributed by atoms with Crippen LogP contribution in [0, 0.1) is 5.92 Å². The lowest BCUT2D eigenvalue weighted by Gasteiger charge is -2.06. The van der Waals surface area contributed by atoms with Crippen molar-refractivity contribution in [3.63, 3.8) is 0 Å². The molecule has 5 nitrogen and oxygen atoms in total. The van der Waals surface area contributed by atoms with Crippen LogP contribution in [0.5, 0.6) is 0 Å². The van der Waals surface area contributed by atoms with Gasteiger partial charge in [-0.3, -0.25) is 4.79 Å². The molecule has 112 valence electrons. The zero-order valence-electron chi connectivity index (χ0n) is 12.1. The van der Waals surface area contributed by atoms with Crippen LogP contribution in [0.15, 0.2) is 17.0 Å². The van der Waals surface area contributed by atoms with E-state index in [1.54, 1.807) is 13.8 Å². The van der Waals surface area contributed by atoms with Crippen molar-refractivity contribution in [3.8, 4) is 0 Å². The van der Waals surface area contributed by atoms with Gasteiger partial charge in [-0.25, -0.2) is 8.42 Å². The molecule has 0 saturated heterocycles. The molecule has 0 aliphatic rings. The van der Waals surface area contributed by atoms with E-state index in [4.69, 9.17) is 5.73 Å². The van der Waals surface area contributed by atoms with Gasteiger partial charge in [0, 0.05) is 18.7 Å². The Morgan fingerprint density at radius 3 is 2.40 bits per heavy atom. The van der Waals surface area contributed by atoms with Gasteiger partial charge in [-0.15, -0.1) is 11.3 Å². The number of rotatable bonds is 6. The zero-order chi connectivity index (χ0) is 15.7. The standard InChI is InChI=1S/C13H20N2O3S2/c1-7(2)6-15-13-12(20(5,17)18)9(14)11(19-13)10(16)8(3)4/h8,15H,1,6,14H2,2-5H3. The van der Waals surface area contributed by atoms with E-state index in [0.29, 0.717) is 16.4 Å². The van der Waals surface area contributed by atoms with Crippen molar-refractivity contribution >= 4 is 37.6 Å². The minimum absolute atomic E-state index is 0.00718. The third-order valence-corrected chi connectivity index (χ3v) is 5.04. The largest absolute Gasteiger partial charge is 0.396 e. The summed E-state index contributed by atoms with van der Waals surface area (Å²) in [5, 5.41) is 3.38. The van der Waals surface area contributed by atoms with Crippen LogP contribution in [0.3, 0.4) is 0 Å². The predicted molar refractivity (Wildman–Crippen MR) is 84.3 cm³/mol. The normalized spacial score (nSPS) is 11.7. The smallest absolute Gasteiger partial charge is 0.180 e. The van der Waals surface area contributed by atoms with Crippen molar-refractivity contribution in [2.24, 2.45) is 5.92 Å². The Bertz CT molecular complexity index is 643. The number of hydrogen-bond acceptors (Lipinski definition) is 6. The number of Topliss-reactive ketones (excluding diaryl/α,β-unsaturated/α-hetero) is 1. The zero-order valence-corrected chi connectivity index (χ0v) is 13.7. The van der Waals surface area contributed by atoms with E-state index in [1.807, 2.05) is 6.92 Å². The monoisotopic (exact) mass is 316 g/mol. The first kappa shape index (κ1) is 16.7. The van der Waals surface area contributed by atoms with Gasteiger partial charge in [-0.1, -0.05) is 26.0 Å². The Kier molecular flexibility index (Phi) is 4.99. The summed E-state index contributed by atoms with van der Waals surface area (Å²) in [5.74, 6) is -0.391. The fourth-order valence-corrected chi connectivity index (χ4v) is 4.24. The first-order chi connectivity index (χ1) is 9.05. The molecule has 1 aromatic rings. The summed E-state index contributed by atoms with van der Waals surface area (Å²) in [7, 11) is -3.51. The molecular weight excluding hydrogens is 296 g/mol. The maximum Gasteiger partial charge on any atom is 0.180 e. The van der Waals surface area contributed by atoms with Gasteiger partial charge in [0.25, 0.3) is 0 Å². The molecule has 0 aliphatic heterocycles. The summed E-state index contributed by atoms with van der Waals surface area (Å²) in [6, 6.07) is 0. The van der Waals surface area contributed by atoms with Crippen LogP contribution in [-0.4, -0.2) is 27.0 Å². The Morgan fingerprint density at radius 1 is 1.45 bits per heavy atom. The molecule has 0 spiro atoms. The molecule has 0 aliphatic carbocycles. The number of nitrogens with one attached hydrogen (secondary N) is 1. The topological polar surface area (TPSA) is 89.3 Å². The van der Waals surface area contributed by atoms with Gasteiger partial charge in [0.2, 0.25) is 0 Å². The molecule has 0 amide bonds. The van der Waals surface area contributed by atoms with E-state index in [0.717, 1.165) is 23.2 Å². The lowest BCUT2D eigenvalue weighted by molar-refractivity contribution is 0.0944. The van der Waals surface area contributed by atoms with Crippen molar-refractivity contribution in [1.82, 2.24) is 0 Å². The fourth-order valence-electron chi connectivity index (χ4n) is 1.59. The highest BCUT2D eigenvalue weighted by Crippen LogP contribution is 2.40. The molecule has 0 radical (unpaired) electrons. The number of carbonyl (C=O) groups excluding carboxylic acids is 1. The van der Waals surface area contributed by atoms with Crippen molar-refractivity contribution in [3.05, 3.63) is 17.0 Å². The summed E-state index contributed by atoms with van der Waals surface area (Å²) in [5.41, 5.74) is 6.78. The fraction of sp³-hybridized carbons (Fsp3) is 0.462. The Hall–Kier alpha value is -1.34. The van der Waals surface area contributed by atoms with Crippen LogP contribution in [0.2, 0.25) is 0 Å². The van der Waals surface area contributed by atoms with Gasteiger partial charge >= 0.3 is 0 Å². The summed E-state index contributed by atoms with van der Waals surface area (Å²) in [4.78, 5) is 12.4. The summed E-state index contributed by atoms with van der Waals surface area (Å²) >= 11 is 1.09. The Balaban J connectivity index is 3.39. The minimum Gasteiger partial charge on any atom is -0.396 e. The lowest BCUT2D eigenvalue weighted by Crippen LogP contribution is -2.10. The van der Waals surface area contributed by atoms with Gasteiger partial charge in [-0.05, 0) is 6.92 Å². The van der Waals surface area contributed by atoms with Crippen molar-refractivity contribution < 1.29 is 13.2 Å². The number of nitrogen functional groups attached to an aromatic ring is 1. The van der Waals surface area contributed by atoms with Gasteiger partial charge in [-0.2, -0.15) is 0 Å². The molecule has 7 heteroatoms. The first-order valence-corrected chi connectivity index (χ1v) is 8.81. The Labute approximate surface area is 123 Å². The highest BCUT2D eigenvalue weighted by atomic mass is 32.2. The summed E-state index contributed by atoms with van der Waals surface area (Å²) < 4.78 is 23.8. The lowest BCUT2D eigenvalue weighted by atomic mass is 10.1. The highest BCUT2D eigenvalue weighted by Gasteiger charge is 2.27. The number of thiophene rings is 1. The Morgan fingerprint density at radius 2 is 2.00 bits per heavy atom. The first-order valence-electron chi connectivity index (χ1n) is 6.10. The molecule has 0 atom stereocenters. The molecule has 0 unspecified atom stereocenters. The van der Waals surface area contributed by atoms with Crippen LogP contribution in [0.1, 0.15) is 30.4 Å². The highest BCUT2D eigenvalue weighted by molar-refractivity contribution is 7.91. The summed E-state index contributed by atoms with van der Waals surface area (Å²) in [6.07, 6.45) is 1.08. The van der Waals surface area contributed by atoms with E-state index < -0.39 is 9.84 Å². The third kappa shape index (κ3) is 3.61.